The average molecular weight is 291 g/mol. The van der Waals surface area contributed by atoms with Gasteiger partial charge in [-0.25, -0.2) is 0 Å². The summed E-state index contributed by atoms with van der Waals surface area (Å²) in [5, 5.41) is 11.3. The first-order valence-corrected chi connectivity index (χ1v) is 7.19. The lowest BCUT2D eigenvalue weighted by Crippen LogP contribution is -2.37. The van der Waals surface area contributed by atoms with Crippen molar-refractivity contribution in [2.24, 2.45) is 0 Å². The highest BCUT2D eigenvalue weighted by Crippen LogP contribution is 2.44. The number of ether oxygens (including phenoxy) is 2. The average Bonchev–Trinajstić information content (AvgIpc) is 2.90. The minimum absolute atomic E-state index is 0.668. The summed E-state index contributed by atoms with van der Waals surface area (Å²) in [5.41, 5.74) is 1.61. The normalized spacial score (nSPS) is 22.3. The van der Waals surface area contributed by atoms with Gasteiger partial charge in [0.2, 0.25) is 0 Å². The number of hydrogen-bond donors (Lipinski definition) is 1. The molecule has 1 aromatic carbocycles. The highest BCUT2D eigenvalue weighted by atomic mass is 16.7. The molecule has 0 fully saturated rings. The lowest BCUT2D eigenvalue weighted by molar-refractivity contribution is -0.203. The molecule has 1 N–H and O–H groups in total. The summed E-state index contributed by atoms with van der Waals surface area (Å²) in [4.78, 5) is 1.97. The summed E-state index contributed by atoms with van der Waals surface area (Å²) in [5.74, 6) is -0.883. The predicted octanol–water partition coefficient (Wildman–Crippen LogP) is 2.58. The number of allylic oxidation sites excluding steroid dienone is 1. The van der Waals surface area contributed by atoms with Crippen LogP contribution >= 0.6 is 0 Å². The van der Waals surface area contributed by atoms with Gasteiger partial charge < -0.3 is 19.5 Å². The van der Waals surface area contributed by atoms with Crippen molar-refractivity contribution in [3.8, 4) is 0 Å². The Balaban J connectivity index is 2.58. The second-order valence-electron chi connectivity index (χ2n) is 5.78. The maximum Gasteiger partial charge on any atom is 0.191 e. The zero-order valence-corrected chi connectivity index (χ0v) is 13.5. The quantitative estimate of drug-likeness (QED) is 0.847. The van der Waals surface area contributed by atoms with E-state index >= 15 is 0 Å². The second-order valence-corrected chi connectivity index (χ2v) is 5.78. The Hall–Kier alpha value is -1.36. The molecule has 0 radical (unpaired) electrons. The standard InChI is InChI=1S/C17H25NO3/c1-16(20-4,21-5)13-9-6-7-10-14(13)17(19)12-8-11-15(17)18(2)3/h6-7,9-11,19H,8,12H2,1-5H3. The zero-order chi connectivity index (χ0) is 15.7. The monoisotopic (exact) mass is 291 g/mol. The second kappa shape index (κ2) is 5.79. The molecule has 116 valence electrons. The smallest absolute Gasteiger partial charge is 0.191 e. The van der Waals surface area contributed by atoms with E-state index in [0.29, 0.717) is 6.42 Å². The predicted molar refractivity (Wildman–Crippen MR) is 82.7 cm³/mol. The van der Waals surface area contributed by atoms with Crippen LogP contribution in [0, 0.1) is 0 Å². The number of nitrogens with zero attached hydrogens (tertiary/aromatic N) is 1. The first kappa shape index (κ1) is 16.0. The van der Waals surface area contributed by atoms with Crippen LogP contribution in [0.3, 0.4) is 0 Å². The highest BCUT2D eigenvalue weighted by Gasteiger charge is 2.42. The lowest BCUT2D eigenvalue weighted by atomic mass is 9.84. The summed E-state index contributed by atoms with van der Waals surface area (Å²) in [6.45, 7) is 1.86. The Morgan fingerprint density at radius 3 is 2.38 bits per heavy atom. The molecule has 4 heteroatoms. The third-order valence-electron chi connectivity index (χ3n) is 4.39. The van der Waals surface area contributed by atoms with Crippen LogP contribution in [-0.4, -0.2) is 38.3 Å². The van der Waals surface area contributed by atoms with Crippen molar-refractivity contribution in [1.82, 2.24) is 4.90 Å². The molecule has 1 unspecified atom stereocenters. The van der Waals surface area contributed by atoms with E-state index in [2.05, 4.69) is 6.08 Å². The number of benzene rings is 1. The molecule has 21 heavy (non-hydrogen) atoms. The Labute approximate surface area is 127 Å². The Bertz CT molecular complexity index is 535. The van der Waals surface area contributed by atoms with Crippen LogP contribution in [0.15, 0.2) is 36.0 Å². The lowest BCUT2D eigenvalue weighted by Gasteiger charge is -2.37. The number of hydrogen-bond acceptors (Lipinski definition) is 4. The van der Waals surface area contributed by atoms with Gasteiger partial charge in [0.15, 0.2) is 5.79 Å². The summed E-state index contributed by atoms with van der Waals surface area (Å²) in [6, 6.07) is 7.78. The summed E-state index contributed by atoms with van der Waals surface area (Å²) < 4.78 is 11.1. The fourth-order valence-electron chi connectivity index (χ4n) is 3.08. The third kappa shape index (κ3) is 2.59. The van der Waals surface area contributed by atoms with E-state index in [-0.39, 0.29) is 0 Å². The first-order chi connectivity index (χ1) is 9.89. The van der Waals surface area contributed by atoms with Gasteiger partial charge in [-0.05, 0) is 25.3 Å². The molecular formula is C17H25NO3. The summed E-state index contributed by atoms with van der Waals surface area (Å²) in [6.07, 6.45) is 3.61. The van der Waals surface area contributed by atoms with Crippen molar-refractivity contribution < 1.29 is 14.6 Å². The van der Waals surface area contributed by atoms with E-state index in [4.69, 9.17) is 9.47 Å². The molecule has 0 amide bonds. The number of aliphatic hydroxyl groups is 1. The molecule has 0 bridgehead atoms. The largest absolute Gasteiger partial charge is 0.379 e. The van der Waals surface area contributed by atoms with Crippen molar-refractivity contribution in [2.75, 3.05) is 28.3 Å². The van der Waals surface area contributed by atoms with Crippen LogP contribution in [-0.2, 0) is 20.9 Å². The van der Waals surface area contributed by atoms with Crippen LogP contribution in [0.1, 0.15) is 30.9 Å². The Kier molecular flexibility index (Phi) is 4.42. The van der Waals surface area contributed by atoms with Gasteiger partial charge in [0.25, 0.3) is 0 Å². The summed E-state index contributed by atoms with van der Waals surface area (Å²) >= 11 is 0. The van der Waals surface area contributed by atoms with Gasteiger partial charge in [0.05, 0.1) is 0 Å². The van der Waals surface area contributed by atoms with E-state index in [1.165, 1.54) is 0 Å². The molecule has 1 atom stereocenters. The molecule has 1 aliphatic carbocycles. The highest BCUT2D eigenvalue weighted by molar-refractivity contribution is 5.42. The Morgan fingerprint density at radius 2 is 1.81 bits per heavy atom. The molecule has 0 aromatic heterocycles. The summed E-state index contributed by atoms with van der Waals surface area (Å²) in [7, 11) is 7.14. The SMILES string of the molecule is COC(C)(OC)c1ccccc1C1(O)CCC=C1N(C)C. The molecule has 0 heterocycles. The van der Waals surface area contributed by atoms with E-state index in [1.54, 1.807) is 14.2 Å². The van der Waals surface area contributed by atoms with Gasteiger partial charge in [0.1, 0.15) is 5.60 Å². The van der Waals surface area contributed by atoms with Gasteiger partial charge in [-0.3, -0.25) is 0 Å². The van der Waals surface area contributed by atoms with Gasteiger partial charge in [-0.15, -0.1) is 0 Å². The van der Waals surface area contributed by atoms with E-state index in [9.17, 15) is 5.11 Å². The molecule has 2 rings (SSSR count). The first-order valence-electron chi connectivity index (χ1n) is 7.19. The minimum atomic E-state index is -1.00. The van der Waals surface area contributed by atoms with Crippen LogP contribution in [0.25, 0.3) is 0 Å². The molecule has 1 aromatic rings. The van der Waals surface area contributed by atoms with Gasteiger partial charge in [-0.2, -0.15) is 0 Å². The molecule has 1 aliphatic rings. The van der Waals surface area contributed by atoms with E-state index < -0.39 is 11.4 Å². The van der Waals surface area contributed by atoms with Crippen LogP contribution < -0.4 is 0 Å². The van der Waals surface area contributed by atoms with Crippen molar-refractivity contribution >= 4 is 0 Å². The fraction of sp³-hybridized carbons (Fsp3) is 0.529. The van der Waals surface area contributed by atoms with E-state index in [1.807, 2.05) is 50.2 Å². The molecule has 0 saturated carbocycles. The number of likely N-dealkylation sites (N-methyl/N-ethyl adjacent to an activating group) is 1. The molecule has 0 spiro atoms. The van der Waals surface area contributed by atoms with Crippen LogP contribution in [0.5, 0.6) is 0 Å². The van der Waals surface area contributed by atoms with Crippen LogP contribution in [0.4, 0.5) is 0 Å². The fourth-order valence-corrected chi connectivity index (χ4v) is 3.08. The van der Waals surface area contributed by atoms with Gasteiger partial charge in [-0.1, -0.05) is 30.3 Å². The zero-order valence-electron chi connectivity index (χ0n) is 13.5. The van der Waals surface area contributed by atoms with E-state index in [0.717, 1.165) is 23.2 Å². The van der Waals surface area contributed by atoms with Crippen molar-refractivity contribution in [1.29, 1.82) is 0 Å². The molecule has 4 nitrogen and oxygen atoms in total. The number of methoxy groups -OCH3 is 2. The maximum absolute atomic E-state index is 11.3. The third-order valence-corrected chi connectivity index (χ3v) is 4.39. The number of rotatable bonds is 5. The Morgan fingerprint density at radius 1 is 1.19 bits per heavy atom. The topological polar surface area (TPSA) is 41.9 Å². The van der Waals surface area contributed by atoms with Gasteiger partial charge in [0, 0.05) is 39.6 Å². The maximum atomic E-state index is 11.3. The molecule has 0 aliphatic heterocycles. The van der Waals surface area contributed by atoms with Crippen LogP contribution in [0.2, 0.25) is 0 Å². The molecular weight excluding hydrogens is 266 g/mol. The van der Waals surface area contributed by atoms with Gasteiger partial charge >= 0.3 is 0 Å². The minimum Gasteiger partial charge on any atom is -0.379 e. The van der Waals surface area contributed by atoms with Crippen molar-refractivity contribution in [3.05, 3.63) is 47.2 Å². The molecule has 0 saturated heterocycles. The van der Waals surface area contributed by atoms with Crippen molar-refractivity contribution in [3.63, 3.8) is 0 Å². The van der Waals surface area contributed by atoms with Crippen molar-refractivity contribution in [2.45, 2.75) is 31.2 Å².